The van der Waals surface area contributed by atoms with Crippen molar-refractivity contribution in [1.29, 1.82) is 5.26 Å². The van der Waals surface area contributed by atoms with Gasteiger partial charge in [-0.1, -0.05) is 0 Å². The predicted molar refractivity (Wildman–Crippen MR) is 74.4 cm³/mol. The van der Waals surface area contributed by atoms with E-state index in [0.717, 1.165) is 19.4 Å². The first-order chi connectivity index (χ1) is 9.59. The number of sulfonamides is 1. The minimum Gasteiger partial charge on any atom is -0.319 e. The van der Waals surface area contributed by atoms with E-state index < -0.39 is 10.0 Å². The Labute approximate surface area is 119 Å². The monoisotopic (exact) mass is 294 g/mol. The van der Waals surface area contributed by atoms with Crippen molar-refractivity contribution in [1.82, 2.24) is 14.6 Å². The van der Waals surface area contributed by atoms with E-state index in [0.29, 0.717) is 19.0 Å². The number of nitrogens with one attached hydrogen (secondary N) is 1. The van der Waals surface area contributed by atoms with Gasteiger partial charge in [-0.2, -0.15) is 9.57 Å². The van der Waals surface area contributed by atoms with Crippen molar-refractivity contribution < 1.29 is 8.42 Å². The van der Waals surface area contributed by atoms with Crippen LogP contribution in [-0.2, 0) is 10.0 Å². The standard InChI is InChI=1S/C13H18N4O2S/c1-15-9-11-4-3-7-17(10-11)20(18,19)13-5-2-6-16-12(13)8-14/h2,5-6,11,15H,3-4,7,9-10H2,1H3. The summed E-state index contributed by atoms with van der Waals surface area (Å²) in [6, 6.07) is 4.84. The molecule has 1 N–H and O–H groups in total. The molecule has 0 aliphatic carbocycles. The summed E-state index contributed by atoms with van der Waals surface area (Å²) in [4.78, 5) is 3.84. The first-order valence-electron chi connectivity index (χ1n) is 6.59. The third-order valence-electron chi connectivity index (χ3n) is 3.47. The fourth-order valence-corrected chi connectivity index (χ4v) is 4.17. The third kappa shape index (κ3) is 2.98. The largest absolute Gasteiger partial charge is 0.319 e. The zero-order valence-corrected chi connectivity index (χ0v) is 12.2. The van der Waals surface area contributed by atoms with Crippen LogP contribution in [0.1, 0.15) is 18.5 Å². The molecular formula is C13H18N4O2S. The number of piperidine rings is 1. The molecule has 1 unspecified atom stereocenters. The number of nitrogens with zero attached hydrogens (tertiary/aromatic N) is 3. The van der Waals surface area contributed by atoms with Crippen molar-refractivity contribution in [3.05, 3.63) is 24.0 Å². The number of hydrogen-bond acceptors (Lipinski definition) is 5. The molecule has 0 amide bonds. The zero-order chi connectivity index (χ0) is 14.6. The maximum Gasteiger partial charge on any atom is 0.245 e. The number of rotatable bonds is 4. The van der Waals surface area contributed by atoms with Crippen LogP contribution in [0.15, 0.2) is 23.2 Å². The Morgan fingerprint density at radius 1 is 1.60 bits per heavy atom. The molecule has 0 bridgehead atoms. The van der Waals surface area contributed by atoms with E-state index >= 15 is 0 Å². The molecule has 20 heavy (non-hydrogen) atoms. The van der Waals surface area contributed by atoms with Crippen LogP contribution in [0.2, 0.25) is 0 Å². The molecule has 7 heteroatoms. The van der Waals surface area contributed by atoms with Gasteiger partial charge < -0.3 is 5.32 Å². The summed E-state index contributed by atoms with van der Waals surface area (Å²) in [6.45, 7) is 1.79. The summed E-state index contributed by atoms with van der Waals surface area (Å²) in [5.74, 6) is 0.311. The summed E-state index contributed by atoms with van der Waals surface area (Å²) >= 11 is 0. The quantitative estimate of drug-likeness (QED) is 0.877. The molecule has 2 rings (SSSR count). The van der Waals surface area contributed by atoms with Crippen molar-refractivity contribution in [2.75, 3.05) is 26.7 Å². The lowest BCUT2D eigenvalue weighted by Gasteiger charge is -2.31. The molecule has 1 atom stereocenters. The first-order valence-corrected chi connectivity index (χ1v) is 8.03. The van der Waals surface area contributed by atoms with Crippen LogP contribution in [0.5, 0.6) is 0 Å². The molecule has 2 heterocycles. The molecule has 108 valence electrons. The SMILES string of the molecule is CNCC1CCCN(S(=O)(=O)c2cccnc2C#N)C1. The number of hydrogen-bond donors (Lipinski definition) is 1. The van der Waals surface area contributed by atoms with Crippen molar-refractivity contribution in [2.45, 2.75) is 17.7 Å². The van der Waals surface area contributed by atoms with Gasteiger partial charge in [0, 0.05) is 19.3 Å². The molecule has 0 spiro atoms. The van der Waals surface area contributed by atoms with Gasteiger partial charge in [0.05, 0.1) is 0 Å². The normalized spacial score (nSPS) is 20.5. The topological polar surface area (TPSA) is 86.1 Å². The highest BCUT2D eigenvalue weighted by molar-refractivity contribution is 7.89. The van der Waals surface area contributed by atoms with Crippen LogP contribution < -0.4 is 5.32 Å². The molecule has 1 fully saturated rings. The number of aromatic nitrogens is 1. The lowest BCUT2D eigenvalue weighted by atomic mass is 10.00. The summed E-state index contributed by atoms with van der Waals surface area (Å²) in [5, 5.41) is 12.1. The smallest absolute Gasteiger partial charge is 0.245 e. The van der Waals surface area contributed by atoms with Crippen LogP contribution in [0.25, 0.3) is 0 Å². The van der Waals surface area contributed by atoms with Gasteiger partial charge in [0.25, 0.3) is 0 Å². The summed E-state index contributed by atoms with van der Waals surface area (Å²) in [6.07, 6.45) is 3.29. The van der Waals surface area contributed by atoms with Crippen molar-refractivity contribution in [2.24, 2.45) is 5.92 Å². The van der Waals surface area contributed by atoms with E-state index in [1.54, 1.807) is 6.07 Å². The van der Waals surface area contributed by atoms with Crippen LogP contribution in [0.3, 0.4) is 0 Å². The average Bonchev–Trinajstić information content (AvgIpc) is 2.48. The number of nitriles is 1. The minimum atomic E-state index is -3.64. The first kappa shape index (κ1) is 14.9. The Hall–Kier alpha value is -1.49. The molecule has 1 aromatic rings. The van der Waals surface area contributed by atoms with E-state index in [2.05, 4.69) is 10.3 Å². The second-order valence-corrected chi connectivity index (χ2v) is 6.80. The van der Waals surface area contributed by atoms with Crippen LogP contribution in [-0.4, -0.2) is 44.4 Å². The Morgan fingerprint density at radius 3 is 3.10 bits per heavy atom. The van der Waals surface area contributed by atoms with E-state index in [-0.39, 0.29) is 10.6 Å². The summed E-state index contributed by atoms with van der Waals surface area (Å²) < 4.78 is 26.7. The molecular weight excluding hydrogens is 276 g/mol. The van der Waals surface area contributed by atoms with Crippen molar-refractivity contribution >= 4 is 10.0 Å². The van der Waals surface area contributed by atoms with Gasteiger partial charge in [-0.05, 0) is 44.5 Å². The van der Waals surface area contributed by atoms with E-state index in [9.17, 15) is 8.42 Å². The molecule has 1 aliphatic heterocycles. The maximum atomic E-state index is 12.6. The lowest BCUT2D eigenvalue weighted by molar-refractivity contribution is 0.263. The average molecular weight is 294 g/mol. The predicted octanol–water partition coefficient (Wildman–Crippen LogP) is 0.573. The highest BCUT2D eigenvalue weighted by Crippen LogP contribution is 2.24. The van der Waals surface area contributed by atoms with Crippen LogP contribution in [0.4, 0.5) is 0 Å². The van der Waals surface area contributed by atoms with Gasteiger partial charge in [0.15, 0.2) is 5.69 Å². The molecule has 0 saturated carbocycles. The molecule has 1 saturated heterocycles. The van der Waals surface area contributed by atoms with E-state index in [4.69, 9.17) is 5.26 Å². The Balaban J connectivity index is 2.28. The third-order valence-corrected chi connectivity index (χ3v) is 5.37. The van der Waals surface area contributed by atoms with Crippen LogP contribution in [0, 0.1) is 17.2 Å². The van der Waals surface area contributed by atoms with Gasteiger partial charge >= 0.3 is 0 Å². The summed E-state index contributed by atoms with van der Waals surface area (Å²) in [5.41, 5.74) is -0.0387. The van der Waals surface area contributed by atoms with Gasteiger partial charge in [0.1, 0.15) is 11.0 Å². The maximum absolute atomic E-state index is 12.6. The van der Waals surface area contributed by atoms with Gasteiger partial charge in [-0.3, -0.25) is 0 Å². The molecule has 1 aliphatic rings. The second-order valence-electron chi connectivity index (χ2n) is 4.89. The molecule has 6 nitrogen and oxygen atoms in total. The molecule has 1 aromatic heterocycles. The van der Waals surface area contributed by atoms with Gasteiger partial charge in [-0.25, -0.2) is 13.4 Å². The highest BCUT2D eigenvalue weighted by Gasteiger charge is 2.31. The Morgan fingerprint density at radius 2 is 2.40 bits per heavy atom. The van der Waals surface area contributed by atoms with E-state index in [1.807, 2.05) is 13.1 Å². The number of pyridine rings is 1. The van der Waals surface area contributed by atoms with Crippen molar-refractivity contribution in [3.8, 4) is 6.07 Å². The fourth-order valence-electron chi connectivity index (χ4n) is 2.52. The van der Waals surface area contributed by atoms with E-state index in [1.165, 1.54) is 16.6 Å². The molecule has 0 radical (unpaired) electrons. The highest BCUT2D eigenvalue weighted by atomic mass is 32.2. The minimum absolute atomic E-state index is 0.00704. The van der Waals surface area contributed by atoms with Gasteiger partial charge in [-0.15, -0.1) is 0 Å². The van der Waals surface area contributed by atoms with Crippen molar-refractivity contribution in [3.63, 3.8) is 0 Å². The van der Waals surface area contributed by atoms with Crippen LogP contribution >= 0.6 is 0 Å². The molecule has 0 aromatic carbocycles. The Kier molecular flexibility index (Phi) is 4.70. The van der Waals surface area contributed by atoms with Gasteiger partial charge in [0.2, 0.25) is 10.0 Å². The Bertz CT molecular complexity index is 607. The zero-order valence-electron chi connectivity index (χ0n) is 11.4. The summed E-state index contributed by atoms with van der Waals surface area (Å²) in [7, 11) is -1.77. The lowest BCUT2D eigenvalue weighted by Crippen LogP contribution is -2.42. The second kappa shape index (κ2) is 6.31. The fraction of sp³-hybridized carbons (Fsp3) is 0.538.